The van der Waals surface area contributed by atoms with Crippen LogP contribution in [0.15, 0.2) is 18.3 Å². The van der Waals surface area contributed by atoms with E-state index >= 15 is 0 Å². The lowest BCUT2D eigenvalue weighted by Crippen LogP contribution is -2.49. The molecular formula is C13H18FN3O2. The largest absolute Gasteiger partial charge is 0.465 e. The van der Waals surface area contributed by atoms with Crippen LogP contribution in [0.4, 0.5) is 15.0 Å². The predicted octanol–water partition coefficient (Wildman–Crippen LogP) is 2.55. The Morgan fingerprint density at radius 2 is 2.26 bits per heavy atom. The summed E-state index contributed by atoms with van der Waals surface area (Å²) in [7, 11) is 1.56. The van der Waals surface area contributed by atoms with E-state index in [1.165, 1.54) is 23.2 Å². The van der Waals surface area contributed by atoms with Gasteiger partial charge >= 0.3 is 6.09 Å². The van der Waals surface area contributed by atoms with Crippen LogP contribution in [0.1, 0.15) is 25.7 Å². The highest BCUT2D eigenvalue weighted by Gasteiger charge is 2.31. The van der Waals surface area contributed by atoms with Crippen molar-refractivity contribution in [2.75, 3.05) is 12.4 Å². The zero-order valence-corrected chi connectivity index (χ0v) is 10.8. The van der Waals surface area contributed by atoms with Gasteiger partial charge in [-0.2, -0.15) is 0 Å². The Bertz CT molecular complexity index is 455. The van der Waals surface area contributed by atoms with Gasteiger partial charge in [-0.1, -0.05) is 12.8 Å². The molecule has 1 aliphatic carbocycles. The van der Waals surface area contributed by atoms with Crippen LogP contribution in [0.2, 0.25) is 0 Å². The quantitative estimate of drug-likeness (QED) is 0.883. The fourth-order valence-corrected chi connectivity index (χ4v) is 2.55. The molecule has 2 N–H and O–H groups in total. The summed E-state index contributed by atoms with van der Waals surface area (Å²) in [4.78, 5) is 16.3. The van der Waals surface area contributed by atoms with Crippen LogP contribution in [0.5, 0.6) is 0 Å². The van der Waals surface area contributed by atoms with E-state index in [-0.39, 0.29) is 17.9 Å². The minimum atomic E-state index is -0.958. The molecule has 1 saturated carbocycles. The third-order valence-electron chi connectivity index (χ3n) is 3.61. The van der Waals surface area contributed by atoms with Crippen molar-refractivity contribution in [3.63, 3.8) is 0 Å². The van der Waals surface area contributed by atoms with E-state index in [4.69, 9.17) is 5.11 Å². The smallest absolute Gasteiger partial charge is 0.407 e. The molecule has 1 heterocycles. The fourth-order valence-electron chi connectivity index (χ4n) is 2.55. The molecule has 0 aliphatic heterocycles. The molecule has 1 aliphatic rings. The summed E-state index contributed by atoms with van der Waals surface area (Å²) in [5, 5.41) is 12.1. The Labute approximate surface area is 111 Å². The summed E-state index contributed by atoms with van der Waals surface area (Å²) in [6.07, 6.45) is 4.17. The second-order valence-corrected chi connectivity index (χ2v) is 4.83. The Morgan fingerprint density at radius 3 is 2.95 bits per heavy atom. The van der Waals surface area contributed by atoms with Gasteiger partial charge in [0.2, 0.25) is 0 Å². The number of aromatic nitrogens is 1. The van der Waals surface area contributed by atoms with Gasteiger partial charge in [-0.05, 0) is 25.0 Å². The van der Waals surface area contributed by atoms with Crippen molar-refractivity contribution in [1.29, 1.82) is 0 Å². The molecule has 1 amide bonds. The van der Waals surface area contributed by atoms with Crippen LogP contribution in [0, 0.1) is 5.82 Å². The number of carboxylic acid groups (broad SMARTS) is 1. The number of nitrogens with zero attached hydrogens (tertiary/aromatic N) is 2. The molecule has 1 aromatic rings. The minimum Gasteiger partial charge on any atom is -0.465 e. The molecule has 0 bridgehead atoms. The number of anilines is 1. The number of rotatable bonds is 3. The average molecular weight is 267 g/mol. The normalized spacial score (nSPS) is 22.8. The zero-order valence-electron chi connectivity index (χ0n) is 10.8. The van der Waals surface area contributed by atoms with Gasteiger partial charge in [0, 0.05) is 19.3 Å². The Hall–Kier alpha value is -1.85. The number of amides is 1. The highest BCUT2D eigenvalue weighted by molar-refractivity contribution is 5.65. The highest BCUT2D eigenvalue weighted by Crippen LogP contribution is 2.25. The molecule has 104 valence electrons. The number of nitrogens with one attached hydrogen (secondary N) is 1. The third-order valence-corrected chi connectivity index (χ3v) is 3.61. The number of carbonyl (C=O) groups is 1. The summed E-state index contributed by atoms with van der Waals surface area (Å²) < 4.78 is 13.6. The third kappa shape index (κ3) is 3.13. The molecule has 0 aromatic carbocycles. The monoisotopic (exact) mass is 267 g/mol. The van der Waals surface area contributed by atoms with Crippen LogP contribution in [0.3, 0.4) is 0 Å². The van der Waals surface area contributed by atoms with E-state index in [1.807, 2.05) is 0 Å². The Morgan fingerprint density at radius 1 is 1.53 bits per heavy atom. The molecule has 2 unspecified atom stereocenters. The van der Waals surface area contributed by atoms with Crippen LogP contribution in [-0.4, -0.2) is 40.2 Å². The lowest BCUT2D eigenvalue weighted by atomic mass is 9.89. The van der Waals surface area contributed by atoms with Crippen LogP contribution >= 0.6 is 0 Å². The van der Waals surface area contributed by atoms with Gasteiger partial charge in [-0.25, -0.2) is 14.2 Å². The first-order valence-corrected chi connectivity index (χ1v) is 6.42. The standard InChI is InChI=1S/C13H18FN3O2/c1-17(13(18)19)11-7-3-2-6-10(11)16-12-9(14)5-4-8-15-12/h4-5,8,10-11H,2-3,6-7H2,1H3,(H,15,16)(H,18,19). The molecule has 2 rings (SSSR count). The predicted molar refractivity (Wildman–Crippen MR) is 69.6 cm³/mol. The second kappa shape index (κ2) is 5.86. The van der Waals surface area contributed by atoms with Crippen molar-refractivity contribution in [3.8, 4) is 0 Å². The van der Waals surface area contributed by atoms with Gasteiger partial charge in [0.1, 0.15) is 0 Å². The van der Waals surface area contributed by atoms with Gasteiger partial charge < -0.3 is 15.3 Å². The van der Waals surface area contributed by atoms with Crippen molar-refractivity contribution in [1.82, 2.24) is 9.88 Å². The molecule has 0 radical (unpaired) electrons. The maximum atomic E-state index is 13.6. The van der Waals surface area contributed by atoms with Crippen LogP contribution in [-0.2, 0) is 0 Å². The second-order valence-electron chi connectivity index (χ2n) is 4.83. The first-order chi connectivity index (χ1) is 9.09. The molecule has 0 saturated heterocycles. The summed E-state index contributed by atoms with van der Waals surface area (Å²) in [6, 6.07) is 2.63. The number of hydrogen-bond donors (Lipinski definition) is 2. The number of hydrogen-bond acceptors (Lipinski definition) is 3. The molecule has 6 heteroatoms. The van der Waals surface area contributed by atoms with E-state index in [0.29, 0.717) is 0 Å². The van der Waals surface area contributed by atoms with Gasteiger partial charge in [-0.3, -0.25) is 0 Å². The zero-order chi connectivity index (χ0) is 13.8. The maximum absolute atomic E-state index is 13.6. The number of likely N-dealkylation sites (N-methyl/N-ethyl adjacent to an activating group) is 1. The molecule has 1 aromatic heterocycles. The first kappa shape index (κ1) is 13.6. The van der Waals surface area contributed by atoms with Gasteiger partial charge in [0.05, 0.1) is 6.04 Å². The first-order valence-electron chi connectivity index (χ1n) is 6.42. The molecule has 5 nitrogen and oxygen atoms in total. The van der Waals surface area contributed by atoms with E-state index < -0.39 is 11.9 Å². The van der Waals surface area contributed by atoms with Crippen molar-refractivity contribution < 1.29 is 14.3 Å². The maximum Gasteiger partial charge on any atom is 0.407 e. The summed E-state index contributed by atoms with van der Waals surface area (Å²) in [6.45, 7) is 0. The molecular weight excluding hydrogens is 249 g/mol. The molecule has 0 spiro atoms. The van der Waals surface area contributed by atoms with Gasteiger partial charge in [0.25, 0.3) is 0 Å². The van der Waals surface area contributed by atoms with Crippen molar-refractivity contribution in [2.45, 2.75) is 37.8 Å². The van der Waals surface area contributed by atoms with Gasteiger partial charge in [0.15, 0.2) is 11.6 Å². The van der Waals surface area contributed by atoms with E-state index in [2.05, 4.69) is 10.3 Å². The Kier molecular flexibility index (Phi) is 4.19. The van der Waals surface area contributed by atoms with Crippen LogP contribution < -0.4 is 5.32 Å². The summed E-state index contributed by atoms with van der Waals surface area (Å²) in [5.41, 5.74) is 0. The average Bonchev–Trinajstić information content (AvgIpc) is 2.41. The van der Waals surface area contributed by atoms with Crippen molar-refractivity contribution >= 4 is 11.9 Å². The van der Waals surface area contributed by atoms with E-state index in [9.17, 15) is 9.18 Å². The molecule has 1 fully saturated rings. The SMILES string of the molecule is CN(C(=O)O)C1CCCCC1Nc1ncccc1F. The lowest BCUT2D eigenvalue weighted by Gasteiger charge is -2.37. The van der Waals surface area contributed by atoms with E-state index in [1.54, 1.807) is 7.05 Å². The molecule has 2 atom stereocenters. The number of halogens is 1. The highest BCUT2D eigenvalue weighted by atomic mass is 19.1. The van der Waals surface area contributed by atoms with Crippen molar-refractivity contribution in [2.24, 2.45) is 0 Å². The van der Waals surface area contributed by atoms with Crippen LogP contribution in [0.25, 0.3) is 0 Å². The number of pyridine rings is 1. The van der Waals surface area contributed by atoms with Crippen molar-refractivity contribution in [3.05, 3.63) is 24.1 Å². The molecule has 19 heavy (non-hydrogen) atoms. The summed E-state index contributed by atoms with van der Waals surface area (Å²) >= 11 is 0. The van der Waals surface area contributed by atoms with Gasteiger partial charge in [-0.15, -0.1) is 0 Å². The lowest BCUT2D eigenvalue weighted by molar-refractivity contribution is 0.122. The fraction of sp³-hybridized carbons (Fsp3) is 0.538. The topological polar surface area (TPSA) is 65.5 Å². The minimum absolute atomic E-state index is 0.0979. The summed E-state index contributed by atoms with van der Waals surface area (Å²) in [5.74, 6) is -0.219. The Balaban J connectivity index is 2.12. The van der Waals surface area contributed by atoms with E-state index in [0.717, 1.165) is 25.7 Å².